The summed E-state index contributed by atoms with van der Waals surface area (Å²) < 4.78 is 1.72. The molecule has 0 saturated heterocycles. The zero-order valence-electron chi connectivity index (χ0n) is 17.5. The highest BCUT2D eigenvalue weighted by Crippen LogP contribution is 2.56. The lowest BCUT2D eigenvalue weighted by molar-refractivity contribution is -0.123. The van der Waals surface area contributed by atoms with Crippen LogP contribution in [0.1, 0.15) is 36.6 Å². The molecule has 2 aromatic heterocycles. The number of aromatic nitrogens is 4. The third-order valence-corrected chi connectivity index (χ3v) is 7.13. The van der Waals surface area contributed by atoms with E-state index in [-0.39, 0.29) is 24.2 Å². The minimum Gasteiger partial charge on any atom is -0.515 e. The van der Waals surface area contributed by atoms with Crippen LogP contribution in [-0.2, 0) is 23.2 Å². The molecule has 1 saturated carbocycles. The van der Waals surface area contributed by atoms with Crippen LogP contribution in [0.2, 0.25) is 0 Å². The number of benzene rings is 1. The van der Waals surface area contributed by atoms with Gasteiger partial charge in [-0.2, -0.15) is 10.2 Å². The molecule has 2 aliphatic rings. The topological polar surface area (TPSA) is 104 Å². The van der Waals surface area contributed by atoms with Crippen LogP contribution < -0.4 is 0 Å². The molecule has 0 bridgehead atoms. The first-order chi connectivity index (χ1) is 15.1. The number of aliphatic hydroxyl groups is 2. The standard InChI is InChI=1S/C24H26N4O3/c1-15-20-8-7-19-21(17-12-25-28(13-17)9-10-29)26-27-23(19)24(20,11-16(14-30)22(15)31)18-5-3-2-4-6-18/h2-6,12-15,20,29-30H,7-11H2,1H3,(H,26,27)/b16-14-/t15-,20-,24+/m0/s1. The van der Waals surface area contributed by atoms with Gasteiger partial charge >= 0.3 is 0 Å². The molecule has 2 aliphatic carbocycles. The van der Waals surface area contributed by atoms with Crippen molar-refractivity contribution in [2.24, 2.45) is 11.8 Å². The quantitative estimate of drug-likeness (QED) is 0.446. The molecule has 3 aromatic rings. The highest BCUT2D eigenvalue weighted by molar-refractivity contribution is 5.98. The summed E-state index contributed by atoms with van der Waals surface area (Å²) in [6.07, 6.45) is 6.81. The minimum absolute atomic E-state index is 0.0309. The number of ketones is 1. The third kappa shape index (κ3) is 2.87. The fourth-order valence-corrected chi connectivity index (χ4v) is 5.71. The summed E-state index contributed by atoms with van der Waals surface area (Å²) >= 11 is 0. The molecule has 7 heteroatoms. The fraction of sp³-hybridized carbons (Fsp3) is 0.375. The Morgan fingerprint density at radius 2 is 2.13 bits per heavy atom. The van der Waals surface area contributed by atoms with Gasteiger partial charge in [0.1, 0.15) is 0 Å². The zero-order chi connectivity index (χ0) is 21.6. The van der Waals surface area contributed by atoms with Gasteiger partial charge in [0, 0.05) is 34.2 Å². The number of rotatable bonds is 4. The van der Waals surface area contributed by atoms with E-state index in [2.05, 4.69) is 22.3 Å². The number of aliphatic hydroxyl groups excluding tert-OH is 2. The summed E-state index contributed by atoms with van der Waals surface area (Å²) in [6, 6.07) is 10.2. The Bertz CT molecular complexity index is 1150. The number of H-pyrrole nitrogens is 1. The van der Waals surface area contributed by atoms with Crippen LogP contribution >= 0.6 is 0 Å². The second kappa shape index (κ2) is 7.50. The minimum atomic E-state index is -0.480. The maximum absolute atomic E-state index is 12.9. The summed E-state index contributed by atoms with van der Waals surface area (Å²) in [7, 11) is 0. The van der Waals surface area contributed by atoms with E-state index in [9.17, 15) is 15.0 Å². The van der Waals surface area contributed by atoms with E-state index in [1.54, 1.807) is 10.9 Å². The average Bonchev–Trinajstić information content (AvgIpc) is 3.44. The van der Waals surface area contributed by atoms with Crippen molar-refractivity contribution in [3.05, 3.63) is 71.4 Å². The maximum atomic E-state index is 12.9. The first-order valence-corrected chi connectivity index (χ1v) is 10.7. The van der Waals surface area contributed by atoms with Crippen molar-refractivity contribution < 1.29 is 15.0 Å². The predicted molar refractivity (Wildman–Crippen MR) is 115 cm³/mol. The molecule has 1 aromatic carbocycles. The van der Waals surface area contributed by atoms with Crippen LogP contribution in [0.3, 0.4) is 0 Å². The van der Waals surface area contributed by atoms with Gasteiger partial charge in [-0.1, -0.05) is 37.3 Å². The molecule has 1 fully saturated rings. The highest BCUT2D eigenvalue weighted by atomic mass is 16.3. The molecular formula is C24H26N4O3. The first kappa shape index (κ1) is 19.8. The van der Waals surface area contributed by atoms with E-state index in [4.69, 9.17) is 5.10 Å². The Hall–Kier alpha value is -3.19. The Kier molecular flexibility index (Phi) is 4.78. The molecule has 3 atom stereocenters. The second-order valence-electron chi connectivity index (χ2n) is 8.61. The van der Waals surface area contributed by atoms with Crippen molar-refractivity contribution in [3.63, 3.8) is 0 Å². The van der Waals surface area contributed by atoms with Crippen molar-refractivity contribution in [1.29, 1.82) is 0 Å². The van der Waals surface area contributed by atoms with Gasteiger partial charge in [0.05, 0.1) is 37.0 Å². The molecule has 0 spiro atoms. The average molecular weight is 418 g/mol. The van der Waals surface area contributed by atoms with Crippen molar-refractivity contribution in [1.82, 2.24) is 20.0 Å². The summed E-state index contributed by atoms with van der Waals surface area (Å²) in [6.45, 7) is 2.45. The number of hydrogen-bond donors (Lipinski definition) is 3. The Labute approximate surface area is 180 Å². The molecule has 3 N–H and O–H groups in total. The molecule has 5 rings (SSSR count). The van der Waals surface area contributed by atoms with E-state index in [0.29, 0.717) is 18.5 Å². The Morgan fingerprint density at radius 3 is 2.87 bits per heavy atom. The van der Waals surface area contributed by atoms with Gasteiger partial charge in [0.15, 0.2) is 5.78 Å². The first-order valence-electron chi connectivity index (χ1n) is 10.7. The van der Waals surface area contributed by atoms with Crippen molar-refractivity contribution in [2.75, 3.05) is 6.61 Å². The summed E-state index contributed by atoms with van der Waals surface area (Å²) in [5.41, 5.74) is 5.07. The molecule has 7 nitrogen and oxygen atoms in total. The van der Waals surface area contributed by atoms with Crippen LogP contribution in [-0.4, -0.2) is 42.6 Å². The number of nitrogens with zero attached hydrogens (tertiary/aromatic N) is 3. The number of aromatic amines is 1. The Balaban J connectivity index is 1.70. The Morgan fingerprint density at radius 1 is 1.32 bits per heavy atom. The highest BCUT2D eigenvalue weighted by Gasteiger charge is 2.55. The van der Waals surface area contributed by atoms with Crippen LogP contribution in [0.5, 0.6) is 0 Å². The number of Topliss-reactive ketones (excluding diaryl/α,β-unsaturated/α-hetero) is 1. The van der Waals surface area contributed by atoms with E-state index in [0.717, 1.165) is 47.2 Å². The largest absolute Gasteiger partial charge is 0.515 e. The number of carbonyl (C=O) groups excluding carboxylic acids is 1. The van der Waals surface area contributed by atoms with Crippen molar-refractivity contribution >= 4 is 5.78 Å². The van der Waals surface area contributed by atoms with Gasteiger partial charge in [-0.05, 0) is 30.7 Å². The van der Waals surface area contributed by atoms with Crippen molar-refractivity contribution in [2.45, 2.75) is 38.1 Å². The molecule has 0 aliphatic heterocycles. The summed E-state index contributed by atoms with van der Waals surface area (Å²) in [4.78, 5) is 12.9. The van der Waals surface area contributed by atoms with E-state index >= 15 is 0 Å². The fourth-order valence-electron chi connectivity index (χ4n) is 5.71. The lowest BCUT2D eigenvalue weighted by atomic mass is 9.52. The zero-order valence-corrected chi connectivity index (χ0v) is 17.5. The van der Waals surface area contributed by atoms with Gasteiger partial charge in [-0.25, -0.2) is 0 Å². The van der Waals surface area contributed by atoms with Gasteiger partial charge in [-0.3, -0.25) is 14.6 Å². The second-order valence-corrected chi connectivity index (χ2v) is 8.61. The monoisotopic (exact) mass is 418 g/mol. The maximum Gasteiger partial charge on any atom is 0.165 e. The summed E-state index contributed by atoms with van der Waals surface area (Å²) in [5.74, 6) is -0.0663. The molecule has 0 unspecified atom stereocenters. The van der Waals surface area contributed by atoms with E-state index < -0.39 is 5.41 Å². The number of carbonyl (C=O) groups is 1. The molecule has 160 valence electrons. The van der Waals surface area contributed by atoms with E-state index in [1.165, 1.54) is 0 Å². The van der Waals surface area contributed by atoms with Crippen LogP contribution in [0.25, 0.3) is 11.3 Å². The van der Waals surface area contributed by atoms with Crippen LogP contribution in [0.15, 0.2) is 54.6 Å². The van der Waals surface area contributed by atoms with Crippen LogP contribution in [0.4, 0.5) is 0 Å². The SMILES string of the molecule is C[C@@H]1C(=O)/C(=C\O)C[C@]2(c3ccccc3)c3n[nH]c(-c4cnn(CCO)c4)c3CC[C@@H]12. The number of hydrogen-bond acceptors (Lipinski definition) is 5. The third-order valence-electron chi connectivity index (χ3n) is 7.13. The van der Waals surface area contributed by atoms with Gasteiger partial charge < -0.3 is 10.2 Å². The molecule has 0 radical (unpaired) electrons. The number of fused-ring (bicyclic) bond motifs is 3. The number of allylic oxidation sites excluding steroid dienone is 1. The smallest absolute Gasteiger partial charge is 0.165 e. The van der Waals surface area contributed by atoms with E-state index in [1.807, 2.05) is 31.3 Å². The van der Waals surface area contributed by atoms with Gasteiger partial charge in [0.2, 0.25) is 0 Å². The number of nitrogens with one attached hydrogen (secondary N) is 1. The molecule has 2 heterocycles. The normalized spacial score (nSPS) is 26.6. The van der Waals surface area contributed by atoms with Crippen molar-refractivity contribution in [3.8, 4) is 11.3 Å². The lowest BCUT2D eigenvalue weighted by Gasteiger charge is -2.49. The predicted octanol–water partition coefficient (Wildman–Crippen LogP) is 3.16. The van der Waals surface area contributed by atoms with Crippen LogP contribution in [0, 0.1) is 11.8 Å². The van der Waals surface area contributed by atoms with Gasteiger partial charge in [0.25, 0.3) is 0 Å². The lowest BCUT2D eigenvalue weighted by Crippen LogP contribution is -2.50. The molecule has 31 heavy (non-hydrogen) atoms. The molecule has 0 amide bonds. The van der Waals surface area contributed by atoms with Gasteiger partial charge in [-0.15, -0.1) is 0 Å². The molecular weight excluding hydrogens is 392 g/mol. The summed E-state index contributed by atoms with van der Waals surface area (Å²) in [5, 5.41) is 31.5.